The molecule has 0 aliphatic carbocycles. The maximum atomic E-state index is 12.6. The van der Waals surface area contributed by atoms with Crippen molar-refractivity contribution in [1.82, 2.24) is 0 Å². The monoisotopic (exact) mass is 142 g/mol. The SMILES string of the molecule is CC/C=C(F)\C=C(/C)CC. The van der Waals surface area contributed by atoms with Gasteiger partial charge in [0.1, 0.15) is 5.83 Å². The van der Waals surface area contributed by atoms with Crippen LogP contribution in [0.4, 0.5) is 4.39 Å². The van der Waals surface area contributed by atoms with Gasteiger partial charge < -0.3 is 0 Å². The van der Waals surface area contributed by atoms with Gasteiger partial charge in [-0.15, -0.1) is 0 Å². The molecule has 10 heavy (non-hydrogen) atoms. The maximum Gasteiger partial charge on any atom is 0.119 e. The third-order valence-corrected chi connectivity index (χ3v) is 1.34. The zero-order valence-electron chi connectivity index (χ0n) is 6.95. The second-order valence-electron chi connectivity index (χ2n) is 2.34. The molecule has 58 valence electrons. The highest BCUT2D eigenvalue weighted by atomic mass is 19.1. The number of hydrogen-bond donors (Lipinski definition) is 0. The third-order valence-electron chi connectivity index (χ3n) is 1.34. The molecular weight excluding hydrogens is 127 g/mol. The van der Waals surface area contributed by atoms with Crippen LogP contribution in [0.25, 0.3) is 0 Å². The van der Waals surface area contributed by atoms with E-state index in [4.69, 9.17) is 0 Å². The van der Waals surface area contributed by atoms with Gasteiger partial charge in [-0.3, -0.25) is 0 Å². The van der Waals surface area contributed by atoms with E-state index in [0.29, 0.717) is 0 Å². The minimum absolute atomic E-state index is 0.109. The molecule has 0 radical (unpaired) electrons. The Morgan fingerprint density at radius 2 is 2.00 bits per heavy atom. The molecule has 1 heteroatoms. The highest BCUT2D eigenvalue weighted by molar-refractivity contribution is 5.15. The molecular formula is C9H15F. The first kappa shape index (κ1) is 9.41. The Bertz CT molecular complexity index is 143. The normalized spacial score (nSPS) is 14.0. The number of halogens is 1. The van der Waals surface area contributed by atoms with Crippen LogP contribution in [0.3, 0.4) is 0 Å². The van der Waals surface area contributed by atoms with Crippen LogP contribution < -0.4 is 0 Å². The van der Waals surface area contributed by atoms with Crippen molar-refractivity contribution in [2.45, 2.75) is 33.6 Å². The Balaban J connectivity index is 3.98. The van der Waals surface area contributed by atoms with E-state index in [1.165, 1.54) is 0 Å². The number of allylic oxidation sites excluding steroid dienone is 4. The van der Waals surface area contributed by atoms with E-state index >= 15 is 0 Å². The summed E-state index contributed by atoms with van der Waals surface area (Å²) in [5.74, 6) is -0.109. The second-order valence-corrected chi connectivity index (χ2v) is 2.34. The van der Waals surface area contributed by atoms with Gasteiger partial charge in [-0.25, -0.2) is 4.39 Å². The van der Waals surface area contributed by atoms with Crippen molar-refractivity contribution >= 4 is 0 Å². The second kappa shape index (κ2) is 5.21. The van der Waals surface area contributed by atoms with Gasteiger partial charge in [0, 0.05) is 0 Å². The van der Waals surface area contributed by atoms with E-state index in [0.717, 1.165) is 18.4 Å². The Labute approximate surface area is 62.4 Å². The molecule has 0 bridgehead atoms. The van der Waals surface area contributed by atoms with Crippen LogP contribution in [0.1, 0.15) is 33.6 Å². The van der Waals surface area contributed by atoms with Gasteiger partial charge in [-0.2, -0.15) is 0 Å². The molecule has 0 nitrogen and oxygen atoms in total. The van der Waals surface area contributed by atoms with Crippen molar-refractivity contribution in [3.8, 4) is 0 Å². The molecule has 0 aromatic rings. The van der Waals surface area contributed by atoms with Crippen LogP contribution in [-0.2, 0) is 0 Å². The summed E-state index contributed by atoms with van der Waals surface area (Å²) in [6.07, 6.45) is 4.85. The fourth-order valence-electron chi connectivity index (χ4n) is 0.591. The first-order valence-corrected chi connectivity index (χ1v) is 3.73. The Kier molecular flexibility index (Phi) is 4.91. The molecule has 0 aromatic heterocycles. The smallest absolute Gasteiger partial charge is 0.119 e. The summed E-state index contributed by atoms with van der Waals surface area (Å²) in [4.78, 5) is 0. The van der Waals surface area contributed by atoms with Crippen molar-refractivity contribution in [2.75, 3.05) is 0 Å². The number of hydrogen-bond acceptors (Lipinski definition) is 0. The van der Waals surface area contributed by atoms with Crippen LogP contribution in [-0.4, -0.2) is 0 Å². The molecule has 0 aliphatic heterocycles. The quantitative estimate of drug-likeness (QED) is 0.528. The summed E-state index contributed by atoms with van der Waals surface area (Å²) >= 11 is 0. The summed E-state index contributed by atoms with van der Waals surface area (Å²) in [6.45, 7) is 5.88. The highest BCUT2D eigenvalue weighted by Crippen LogP contribution is 2.06. The zero-order valence-corrected chi connectivity index (χ0v) is 6.95. The third kappa shape index (κ3) is 4.30. The molecule has 0 rings (SSSR count). The summed E-state index contributed by atoms with van der Waals surface area (Å²) in [5.41, 5.74) is 1.09. The van der Waals surface area contributed by atoms with Crippen molar-refractivity contribution in [3.63, 3.8) is 0 Å². The molecule has 0 unspecified atom stereocenters. The van der Waals surface area contributed by atoms with Crippen LogP contribution >= 0.6 is 0 Å². The maximum absolute atomic E-state index is 12.6. The highest BCUT2D eigenvalue weighted by Gasteiger charge is 1.87. The van der Waals surface area contributed by atoms with Crippen LogP contribution in [0.5, 0.6) is 0 Å². The van der Waals surface area contributed by atoms with Crippen molar-refractivity contribution in [2.24, 2.45) is 0 Å². The summed E-state index contributed by atoms with van der Waals surface area (Å²) in [6, 6.07) is 0. The summed E-state index contributed by atoms with van der Waals surface area (Å²) < 4.78 is 12.6. The largest absolute Gasteiger partial charge is 0.207 e. The van der Waals surface area contributed by atoms with Gasteiger partial charge in [-0.1, -0.05) is 19.4 Å². The van der Waals surface area contributed by atoms with Gasteiger partial charge in [0.2, 0.25) is 0 Å². The predicted octanol–water partition coefficient (Wildman–Crippen LogP) is 3.61. The number of rotatable bonds is 3. The first-order chi connectivity index (χ1) is 4.70. The minimum Gasteiger partial charge on any atom is -0.207 e. The Hall–Kier alpha value is -0.590. The predicted molar refractivity (Wildman–Crippen MR) is 43.5 cm³/mol. The lowest BCUT2D eigenvalue weighted by Gasteiger charge is -1.91. The van der Waals surface area contributed by atoms with Crippen LogP contribution in [0.2, 0.25) is 0 Å². The standard InChI is InChI=1S/C9H15F/c1-4-6-9(10)7-8(3)5-2/h6-7H,4-5H2,1-3H3/b8-7+,9-6+. The molecule has 0 saturated heterocycles. The first-order valence-electron chi connectivity index (χ1n) is 3.73. The minimum atomic E-state index is -0.109. The zero-order chi connectivity index (χ0) is 7.98. The molecule has 0 atom stereocenters. The molecule has 0 amide bonds. The van der Waals surface area contributed by atoms with Crippen molar-refractivity contribution in [1.29, 1.82) is 0 Å². The van der Waals surface area contributed by atoms with E-state index in [9.17, 15) is 4.39 Å². The van der Waals surface area contributed by atoms with Crippen LogP contribution in [0, 0.1) is 0 Å². The van der Waals surface area contributed by atoms with Gasteiger partial charge in [-0.05, 0) is 31.9 Å². The molecule has 0 N–H and O–H groups in total. The van der Waals surface area contributed by atoms with E-state index < -0.39 is 0 Å². The van der Waals surface area contributed by atoms with Crippen molar-refractivity contribution in [3.05, 3.63) is 23.6 Å². The van der Waals surface area contributed by atoms with E-state index in [1.54, 1.807) is 12.2 Å². The molecule has 0 heterocycles. The van der Waals surface area contributed by atoms with Crippen molar-refractivity contribution < 1.29 is 4.39 Å². The summed E-state index contributed by atoms with van der Waals surface area (Å²) in [7, 11) is 0. The molecule has 0 saturated carbocycles. The molecule has 0 fully saturated rings. The van der Waals surface area contributed by atoms with Gasteiger partial charge in [0.05, 0.1) is 0 Å². The topological polar surface area (TPSA) is 0 Å². The van der Waals surface area contributed by atoms with Gasteiger partial charge in [0.25, 0.3) is 0 Å². The lowest BCUT2D eigenvalue weighted by atomic mass is 10.2. The van der Waals surface area contributed by atoms with Gasteiger partial charge in [0.15, 0.2) is 0 Å². The average Bonchev–Trinajstić information content (AvgIpc) is 1.88. The Morgan fingerprint density at radius 3 is 2.40 bits per heavy atom. The van der Waals surface area contributed by atoms with Crippen LogP contribution in [0.15, 0.2) is 23.6 Å². The lowest BCUT2D eigenvalue weighted by Crippen LogP contribution is -1.72. The van der Waals surface area contributed by atoms with E-state index in [1.807, 2.05) is 20.8 Å². The van der Waals surface area contributed by atoms with E-state index in [-0.39, 0.29) is 5.83 Å². The average molecular weight is 142 g/mol. The molecule has 0 aliphatic rings. The lowest BCUT2D eigenvalue weighted by molar-refractivity contribution is 0.658. The summed E-state index contributed by atoms with van der Waals surface area (Å²) in [5, 5.41) is 0. The fourth-order valence-corrected chi connectivity index (χ4v) is 0.591. The molecule has 0 spiro atoms. The van der Waals surface area contributed by atoms with Gasteiger partial charge >= 0.3 is 0 Å². The molecule has 0 aromatic carbocycles. The Morgan fingerprint density at radius 1 is 1.40 bits per heavy atom. The fraction of sp³-hybridized carbons (Fsp3) is 0.556. The van der Waals surface area contributed by atoms with E-state index in [2.05, 4.69) is 0 Å².